The Kier molecular flexibility index (Phi) is 3.45. The first-order valence-corrected chi connectivity index (χ1v) is 5.29. The highest BCUT2D eigenvalue weighted by molar-refractivity contribution is 7.90. The molecule has 5 nitrogen and oxygen atoms in total. The fraction of sp³-hybridized carbons (Fsp3) is 1.00. The fourth-order valence-corrected chi connectivity index (χ4v) is 1.83. The zero-order valence-corrected chi connectivity index (χ0v) is 7.76. The van der Waals surface area contributed by atoms with E-state index in [2.05, 4.69) is 4.72 Å². The summed E-state index contributed by atoms with van der Waals surface area (Å²) in [5, 5.41) is -0.579. The van der Waals surface area contributed by atoms with Crippen LogP contribution in [0.3, 0.4) is 0 Å². The van der Waals surface area contributed by atoms with Crippen molar-refractivity contribution in [2.75, 3.05) is 33.5 Å². The Morgan fingerprint density at radius 1 is 1.25 bits per heavy atom. The molecule has 1 N–H and O–H groups in total. The Labute approximate surface area is 72.1 Å². The van der Waals surface area contributed by atoms with E-state index < -0.39 is 15.3 Å². The molecule has 0 amide bonds. The number of hydrogen-bond acceptors (Lipinski definition) is 4. The molecule has 12 heavy (non-hydrogen) atoms. The Bertz CT molecular complexity index is 218. The SMILES string of the molecule is CNS(=O)(=O)C1COCCOC1. The summed E-state index contributed by atoms with van der Waals surface area (Å²) in [6, 6.07) is 0. The summed E-state index contributed by atoms with van der Waals surface area (Å²) in [5.74, 6) is 0. The van der Waals surface area contributed by atoms with Crippen LogP contribution in [-0.2, 0) is 19.5 Å². The standard InChI is InChI=1S/C6H13NO4S/c1-7-12(8,9)6-4-10-2-3-11-5-6/h6-7H,2-5H2,1H3. The van der Waals surface area contributed by atoms with Crippen LogP contribution in [0.1, 0.15) is 0 Å². The van der Waals surface area contributed by atoms with Gasteiger partial charge in [-0.2, -0.15) is 0 Å². The van der Waals surface area contributed by atoms with Gasteiger partial charge in [0.1, 0.15) is 5.25 Å². The van der Waals surface area contributed by atoms with Gasteiger partial charge in [-0.25, -0.2) is 13.1 Å². The Morgan fingerprint density at radius 2 is 1.75 bits per heavy atom. The third-order valence-electron chi connectivity index (χ3n) is 1.70. The summed E-state index contributed by atoms with van der Waals surface area (Å²) < 4.78 is 34.8. The van der Waals surface area contributed by atoms with Crippen molar-refractivity contribution < 1.29 is 17.9 Å². The van der Waals surface area contributed by atoms with Gasteiger partial charge in [0, 0.05) is 0 Å². The average Bonchev–Trinajstić information content (AvgIpc) is 2.32. The summed E-state index contributed by atoms with van der Waals surface area (Å²) in [6.45, 7) is 1.36. The van der Waals surface area contributed by atoms with Gasteiger partial charge in [-0.3, -0.25) is 0 Å². The molecule has 1 rings (SSSR count). The van der Waals surface area contributed by atoms with Gasteiger partial charge in [0.25, 0.3) is 0 Å². The number of hydrogen-bond donors (Lipinski definition) is 1. The number of nitrogens with one attached hydrogen (secondary N) is 1. The lowest BCUT2D eigenvalue weighted by Gasteiger charge is -2.12. The third kappa shape index (κ3) is 2.41. The van der Waals surface area contributed by atoms with Crippen LogP contribution in [0.15, 0.2) is 0 Å². The van der Waals surface area contributed by atoms with Gasteiger partial charge < -0.3 is 9.47 Å². The molecule has 0 unspecified atom stereocenters. The number of sulfonamides is 1. The summed E-state index contributed by atoms with van der Waals surface area (Å²) in [5.41, 5.74) is 0. The first-order valence-electron chi connectivity index (χ1n) is 3.74. The van der Waals surface area contributed by atoms with Crippen molar-refractivity contribution in [1.29, 1.82) is 0 Å². The van der Waals surface area contributed by atoms with Gasteiger partial charge >= 0.3 is 0 Å². The molecule has 1 aliphatic rings. The van der Waals surface area contributed by atoms with Crippen LogP contribution in [0, 0.1) is 0 Å². The second-order valence-electron chi connectivity index (χ2n) is 2.52. The Morgan fingerprint density at radius 3 is 2.17 bits per heavy atom. The van der Waals surface area contributed by atoms with Crippen molar-refractivity contribution in [3.05, 3.63) is 0 Å². The van der Waals surface area contributed by atoms with E-state index in [1.807, 2.05) is 0 Å². The smallest absolute Gasteiger partial charge is 0.218 e. The second kappa shape index (κ2) is 4.18. The van der Waals surface area contributed by atoms with Crippen LogP contribution in [-0.4, -0.2) is 47.1 Å². The van der Waals surface area contributed by atoms with Crippen LogP contribution >= 0.6 is 0 Å². The van der Waals surface area contributed by atoms with Crippen LogP contribution in [0.5, 0.6) is 0 Å². The molecule has 0 aromatic carbocycles. The van der Waals surface area contributed by atoms with E-state index in [0.717, 1.165) is 0 Å². The molecule has 72 valence electrons. The fourth-order valence-electron chi connectivity index (χ4n) is 0.941. The van der Waals surface area contributed by atoms with Crippen molar-refractivity contribution in [3.63, 3.8) is 0 Å². The molecule has 1 saturated heterocycles. The zero-order valence-electron chi connectivity index (χ0n) is 6.95. The Hall–Kier alpha value is -0.170. The van der Waals surface area contributed by atoms with E-state index >= 15 is 0 Å². The van der Waals surface area contributed by atoms with Crippen molar-refractivity contribution in [2.24, 2.45) is 0 Å². The Balaban J connectivity index is 2.60. The van der Waals surface area contributed by atoms with Crippen LogP contribution in [0.4, 0.5) is 0 Å². The second-order valence-corrected chi connectivity index (χ2v) is 4.69. The van der Waals surface area contributed by atoms with E-state index in [-0.39, 0.29) is 13.2 Å². The maximum atomic E-state index is 11.2. The van der Waals surface area contributed by atoms with Crippen molar-refractivity contribution in [1.82, 2.24) is 4.72 Å². The van der Waals surface area contributed by atoms with Gasteiger partial charge in [0.2, 0.25) is 10.0 Å². The van der Waals surface area contributed by atoms with Crippen LogP contribution < -0.4 is 4.72 Å². The van der Waals surface area contributed by atoms with Gasteiger partial charge in [-0.15, -0.1) is 0 Å². The monoisotopic (exact) mass is 195 g/mol. The van der Waals surface area contributed by atoms with Crippen LogP contribution in [0.25, 0.3) is 0 Å². The van der Waals surface area contributed by atoms with E-state index in [9.17, 15) is 8.42 Å². The van der Waals surface area contributed by atoms with Gasteiger partial charge in [-0.05, 0) is 7.05 Å². The molecule has 0 atom stereocenters. The summed E-state index contributed by atoms with van der Waals surface area (Å²) in [4.78, 5) is 0. The predicted octanol–water partition coefficient (Wildman–Crippen LogP) is -1.05. The van der Waals surface area contributed by atoms with Gasteiger partial charge in [0.15, 0.2) is 0 Å². The van der Waals surface area contributed by atoms with Crippen molar-refractivity contribution in [3.8, 4) is 0 Å². The lowest BCUT2D eigenvalue weighted by atomic mass is 10.5. The summed E-state index contributed by atoms with van der Waals surface area (Å²) in [6.07, 6.45) is 0. The normalized spacial score (nSPS) is 22.1. The third-order valence-corrected chi connectivity index (χ3v) is 3.42. The first kappa shape index (κ1) is 9.91. The molecule has 0 aromatic heterocycles. The first-order chi connectivity index (χ1) is 5.67. The molecule has 6 heteroatoms. The summed E-state index contributed by atoms with van der Waals surface area (Å²) >= 11 is 0. The minimum Gasteiger partial charge on any atom is -0.378 e. The maximum Gasteiger partial charge on any atom is 0.218 e. The van der Waals surface area contributed by atoms with Crippen molar-refractivity contribution >= 4 is 10.0 Å². The summed E-state index contributed by atoms with van der Waals surface area (Å²) in [7, 11) is -1.86. The maximum absolute atomic E-state index is 11.2. The van der Waals surface area contributed by atoms with Gasteiger partial charge in [0.05, 0.1) is 26.4 Å². The number of rotatable bonds is 2. The van der Waals surface area contributed by atoms with E-state index in [1.165, 1.54) is 7.05 Å². The largest absolute Gasteiger partial charge is 0.378 e. The topological polar surface area (TPSA) is 64.6 Å². The molecule has 0 radical (unpaired) electrons. The average molecular weight is 195 g/mol. The van der Waals surface area contributed by atoms with Gasteiger partial charge in [-0.1, -0.05) is 0 Å². The van der Waals surface area contributed by atoms with E-state index in [0.29, 0.717) is 13.2 Å². The highest BCUT2D eigenvalue weighted by Gasteiger charge is 2.25. The molecule has 0 aliphatic carbocycles. The minimum atomic E-state index is -3.24. The molecule has 1 fully saturated rings. The molecule has 0 aromatic rings. The molecular weight excluding hydrogens is 182 g/mol. The quantitative estimate of drug-likeness (QED) is 0.610. The molecular formula is C6H13NO4S. The van der Waals surface area contributed by atoms with Crippen LogP contribution in [0.2, 0.25) is 0 Å². The molecule has 1 heterocycles. The minimum absolute atomic E-state index is 0.211. The lowest BCUT2D eigenvalue weighted by Crippen LogP contribution is -2.37. The predicted molar refractivity (Wildman–Crippen MR) is 43.4 cm³/mol. The highest BCUT2D eigenvalue weighted by atomic mass is 32.2. The molecule has 1 aliphatic heterocycles. The van der Waals surface area contributed by atoms with E-state index in [1.54, 1.807) is 0 Å². The molecule has 0 saturated carbocycles. The number of ether oxygens (including phenoxy) is 2. The molecule has 0 bridgehead atoms. The van der Waals surface area contributed by atoms with E-state index in [4.69, 9.17) is 9.47 Å². The van der Waals surface area contributed by atoms with Crippen molar-refractivity contribution in [2.45, 2.75) is 5.25 Å². The molecule has 0 spiro atoms. The highest BCUT2D eigenvalue weighted by Crippen LogP contribution is 2.03. The zero-order chi connectivity index (χ0) is 9.03. The lowest BCUT2D eigenvalue weighted by molar-refractivity contribution is 0.103.